The highest BCUT2D eigenvalue weighted by molar-refractivity contribution is 7.12. The molecule has 1 amide bonds. The van der Waals surface area contributed by atoms with Gasteiger partial charge in [-0.3, -0.25) is 4.79 Å². The van der Waals surface area contributed by atoms with Crippen LogP contribution in [0.2, 0.25) is 0 Å². The number of pyridine rings is 1. The Kier molecular flexibility index (Phi) is 6.10. The first-order valence-corrected chi connectivity index (χ1v) is 11.4. The van der Waals surface area contributed by atoms with Crippen molar-refractivity contribution < 1.29 is 19.1 Å². The summed E-state index contributed by atoms with van der Waals surface area (Å²) in [5.41, 5.74) is 2.92. The fourth-order valence-corrected chi connectivity index (χ4v) is 3.98. The van der Waals surface area contributed by atoms with Crippen molar-refractivity contribution in [1.29, 1.82) is 0 Å². The second kappa shape index (κ2) is 9.65. The SMILES string of the molecule is CNC(=O)Oc1cc(Oc2ccc(Nc3nc4ccc(C(=O)c5cccs5)cc4[nH]3)cc2)ccn1. The fourth-order valence-electron chi connectivity index (χ4n) is 3.30. The smallest absolute Gasteiger partial charge is 0.413 e. The zero-order valence-electron chi connectivity index (χ0n) is 18.4. The number of benzene rings is 2. The minimum absolute atomic E-state index is 0.0110. The zero-order chi connectivity index (χ0) is 24.2. The second-order valence-electron chi connectivity index (χ2n) is 7.34. The number of imidazole rings is 1. The molecule has 0 spiro atoms. The van der Waals surface area contributed by atoms with Gasteiger partial charge in [-0.25, -0.2) is 14.8 Å². The number of hydrogen-bond acceptors (Lipinski definition) is 8. The number of thiophene rings is 1. The van der Waals surface area contributed by atoms with Gasteiger partial charge in [-0.2, -0.15) is 0 Å². The first-order valence-electron chi connectivity index (χ1n) is 10.6. The van der Waals surface area contributed by atoms with Crippen molar-refractivity contribution in [2.45, 2.75) is 0 Å². The quantitative estimate of drug-likeness (QED) is 0.260. The molecule has 0 aliphatic rings. The molecule has 3 N–H and O–H groups in total. The van der Waals surface area contributed by atoms with E-state index in [0.717, 1.165) is 16.7 Å². The number of nitrogens with one attached hydrogen (secondary N) is 3. The number of nitrogens with zero attached hydrogens (tertiary/aromatic N) is 2. The van der Waals surface area contributed by atoms with Gasteiger partial charge in [0, 0.05) is 30.6 Å². The van der Waals surface area contributed by atoms with Crippen molar-refractivity contribution >= 4 is 45.9 Å². The molecule has 3 aromatic heterocycles. The highest BCUT2D eigenvalue weighted by atomic mass is 32.1. The van der Waals surface area contributed by atoms with Crippen LogP contribution in [0, 0.1) is 0 Å². The van der Waals surface area contributed by atoms with Gasteiger partial charge in [-0.05, 0) is 60.0 Å². The van der Waals surface area contributed by atoms with Crippen LogP contribution in [0.15, 0.2) is 78.3 Å². The molecule has 2 aromatic carbocycles. The Morgan fingerprint density at radius 2 is 1.86 bits per heavy atom. The van der Waals surface area contributed by atoms with E-state index in [4.69, 9.17) is 9.47 Å². The molecule has 0 aliphatic heterocycles. The van der Waals surface area contributed by atoms with Gasteiger partial charge in [0.1, 0.15) is 11.5 Å². The average Bonchev–Trinajstić information content (AvgIpc) is 3.54. The number of rotatable bonds is 7. The molecule has 174 valence electrons. The zero-order valence-corrected chi connectivity index (χ0v) is 19.3. The van der Waals surface area contributed by atoms with E-state index in [2.05, 4.69) is 25.6 Å². The summed E-state index contributed by atoms with van der Waals surface area (Å²) in [6.07, 6.45) is 0.880. The molecular weight excluding hydrogens is 466 g/mol. The summed E-state index contributed by atoms with van der Waals surface area (Å²) in [5, 5.41) is 7.46. The van der Waals surface area contributed by atoms with Gasteiger partial charge in [0.15, 0.2) is 0 Å². The van der Waals surface area contributed by atoms with Crippen LogP contribution in [0.4, 0.5) is 16.4 Å². The summed E-state index contributed by atoms with van der Waals surface area (Å²) in [6.45, 7) is 0. The maximum Gasteiger partial charge on any atom is 0.413 e. The molecule has 9 nitrogen and oxygen atoms in total. The lowest BCUT2D eigenvalue weighted by atomic mass is 10.1. The van der Waals surface area contributed by atoms with Crippen molar-refractivity contribution in [3.05, 3.63) is 88.7 Å². The largest absolute Gasteiger partial charge is 0.457 e. The average molecular weight is 486 g/mol. The maximum absolute atomic E-state index is 12.6. The van der Waals surface area contributed by atoms with Gasteiger partial charge in [-0.1, -0.05) is 6.07 Å². The number of aromatic amines is 1. The van der Waals surface area contributed by atoms with E-state index >= 15 is 0 Å². The third-order valence-electron chi connectivity index (χ3n) is 4.95. The van der Waals surface area contributed by atoms with Gasteiger partial charge in [-0.15, -0.1) is 11.3 Å². The Bertz CT molecular complexity index is 1500. The Morgan fingerprint density at radius 3 is 2.63 bits per heavy atom. The lowest BCUT2D eigenvalue weighted by Crippen LogP contribution is -2.22. The topological polar surface area (TPSA) is 118 Å². The Labute approximate surface area is 203 Å². The van der Waals surface area contributed by atoms with E-state index in [1.807, 2.05) is 41.8 Å². The molecule has 0 bridgehead atoms. The lowest BCUT2D eigenvalue weighted by Gasteiger charge is -2.08. The van der Waals surface area contributed by atoms with Gasteiger partial charge < -0.3 is 25.1 Å². The first kappa shape index (κ1) is 22.1. The number of carbonyl (C=O) groups excluding carboxylic acids is 2. The summed E-state index contributed by atoms with van der Waals surface area (Å²) in [4.78, 5) is 36.4. The predicted molar refractivity (Wildman–Crippen MR) is 133 cm³/mol. The van der Waals surface area contributed by atoms with E-state index in [0.29, 0.717) is 27.9 Å². The summed E-state index contributed by atoms with van der Waals surface area (Å²) in [6, 6.07) is 19.6. The summed E-state index contributed by atoms with van der Waals surface area (Å²) in [5.74, 6) is 1.74. The van der Waals surface area contributed by atoms with E-state index in [9.17, 15) is 9.59 Å². The number of carbonyl (C=O) groups is 2. The first-order chi connectivity index (χ1) is 17.1. The molecule has 10 heteroatoms. The number of aromatic nitrogens is 3. The van der Waals surface area contributed by atoms with E-state index in [1.54, 1.807) is 24.3 Å². The normalized spacial score (nSPS) is 10.7. The second-order valence-corrected chi connectivity index (χ2v) is 8.29. The van der Waals surface area contributed by atoms with Crippen molar-refractivity contribution in [3.8, 4) is 17.4 Å². The molecule has 0 unspecified atom stereocenters. The summed E-state index contributed by atoms with van der Waals surface area (Å²) < 4.78 is 10.8. The van der Waals surface area contributed by atoms with Crippen molar-refractivity contribution in [2.75, 3.05) is 12.4 Å². The van der Waals surface area contributed by atoms with Crippen LogP contribution in [0.25, 0.3) is 11.0 Å². The Balaban J connectivity index is 1.26. The number of amides is 1. The minimum Gasteiger partial charge on any atom is -0.457 e. The predicted octanol–water partition coefficient (Wildman–Crippen LogP) is 5.50. The number of H-pyrrole nitrogens is 1. The van der Waals surface area contributed by atoms with Crippen molar-refractivity contribution in [2.24, 2.45) is 0 Å². The summed E-state index contributed by atoms with van der Waals surface area (Å²) >= 11 is 1.42. The molecule has 3 heterocycles. The van der Waals surface area contributed by atoms with Gasteiger partial charge in [0.05, 0.1) is 15.9 Å². The molecule has 5 aromatic rings. The molecule has 0 aliphatic carbocycles. The highest BCUT2D eigenvalue weighted by Crippen LogP contribution is 2.27. The molecule has 0 saturated carbocycles. The van der Waals surface area contributed by atoms with Crippen LogP contribution < -0.4 is 20.1 Å². The van der Waals surface area contributed by atoms with Gasteiger partial charge >= 0.3 is 6.09 Å². The van der Waals surface area contributed by atoms with Crippen molar-refractivity contribution in [1.82, 2.24) is 20.3 Å². The molecule has 0 radical (unpaired) electrons. The fraction of sp³-hybridized carbons (Fsp3) is 0.0400. The molecule has 5 rings (SSSR count). The number of ether oxygens (including phenoxy) is 2. The molecule has 35 heavy (non-hydrogen) atoms. The third kappa shape index (κ3) is 5.12. The van der Waals surface area contributed by atoms with Crippen LogP contribution in [-0.2, 0) is 0 Å². The number of fused-ring (bicyclic) bond motifs is 1. The lowest BCUT2D eigenvalue weighted by molar-refractivity contribution is 0.104. The minimum atomic E-state index is -0.610. The van der Waals surface area contributed by atoms with Gasteiger partial charge in [0.25, 0.3) is 0 Å². The standard InChI is InChI=1S/C25H19N5O4S/c1-26-25(32)34-22-14-18(10-11-27-22)33-17-7-5-16(6-8-17)28-24-29-19-9-4-15(13-20(19)30-24)23(31)21-3-2-12-35-21/h2-14H,1H3,(H,26,32)(H2,28,29,30). The highest BCUT2D eigenvalue weighted by Gasteiger charge is 2.12. The maximum atomic E-state index is 12.6. The van der Waals surface area contributed by atoms with Crippen LogP contribution in [-0.4, -0.2) is 33.9 Å². The van der Waals surface area contributed by atoms with Crippen LogP contribution in [0.1, 0.15) is 15.2 Å². The molecule has 0 fully saturated rings. The third-order valence-corrected chi connectivity index (χ3v) is 5.82. The van der Waals surface area contributed by atoms with Crippen molar-refractivity contribution in [3.63, 3.8) is 0 Å². The monoisotopic (exact) mass is 485 g/mol. The summed E-state index contributed by atoms with van der Waals surface area (Å²) in [7, 11) is 1.47. The Hall–Kier alpha value is -4.70. The Morgan fingerprint density at radius 1 is 1.00 bits per heavy atom. The number of ketones is 1. The van der Waals surface area contributed by atoms with Crippen LogP contribution >= 0.6 is 11.3 Å². The molecule has 0 atom stereocenters. The van der Waals surface area contributed by atoms with E-state index < -0.39 is 6.09 Å². The van der Waals surface area contributed by atoms with Gasteiger partial charge in [0.2, 0.25) is 17.6 Å². The van der Waals surface area contributed by atoms with Crippen LogP contribution in [0.5, 0.6) is 17.4 Å². The van der Waals surface area contributed by atoms with Crippen LogP contribution in [0.3, 0.4) is 0 Å². The molecular formula is C25H19N5O4S. The number of hydrogen-bond donors (Lipinski definition) is 3. The molecule has 0 saturated heterocycles. The van der Waals surface area contributed by atoms with E-state index in [1.165, 1.54) is 30.6 Å². The number of anilines is 2. The van der Waals surface area contributed by atoms with E-state index in [-0.39, 0.29) is 11.7 Å².